The molecule has 0 aliphatic carbocycles. The Bertz CT molecular complexity index is 1400. The molecule has 0 saturated carbocycles. The van der Waals surface area contributed by atoms with Crippen molar-refractivity contribution in [2.24, 2.45) is 0 Å². The zero-order valence-corrected chi connectivity index (χ0v) is 18.8. The number of aromatic nitrogens is 2. The standard InChI is InChI=1S/C26H23N3O5/c1-32-20-13-18(14-21(15-20)33-2)27-24(30)16-28-26-22(12-17-8-6-7-11-23(17)34-26)25(31)29(28)19-9-4-3-5-10-19/h3-11,13-15H,12,16H2,1-2H3,(H,27,30). The van der Waals surface area contributed by atoms with Gasteiger partial charge in [-0.25, -0.2) is 9.36 Å². The van der Waals surface area contributed by atoms with Gasteiger partial charge in [0.2, 0.25) is 11.8 Å². The zero-order chi connectivity index (χ0) is 23.7. The van der Waals surface area contributed by atoms with E-state index in [0.29, 0.717) is 46.5 Å². The van der Waals surface area contributed by atoms with Crippen LogP contribution in [0.5, 0.6) is 23.1 Å². The van der Waals surface area contributed by atoms with E-state index in [2.05, 4.69) is 5.32 Å². The van der Waals surface area contributed by atoms with E-state index in [1.165, 1.54) is 4.68 Å². The summed E-state index contributed by atoms with van der Waals surface area (Å²) in [7, 11) is 3.08. The van der Waals surface area contributed by atoms with Gasteiger partial charge < -0.3 is 19.5 Å². The largest absolute Gasteiger partial charge is 0.497 e. The van der Waals surface area contributed by atoms with E-state index in [4.69, 9.17) is 14.2 Å². The third-order valence-electron chi connectivity index (χ3n) is 5.66. The van der Waals surface area contributed by atoms with Gasteiger partial charge in [-0.2, -0.15) is 0 Å². The van der Waals surface area contributed by atoms with Crippen LogP contribution in [0.2, 0.25) is 0 Å². The SMILES string of the molecule is COc1cc(NC(=O)Cn2c3c(c(=O)n2-c2ccccc2)Cc2ccccc2O3)cc(OC)c1. The van der Waals surface area contributed by atoms with Crippen LogP contribution in [0.1, 0.15) is 11.1 Å². The second-order valence-corrected chi connectivity index (χ2v) is 7.83. The number of hydrogen-bond donors (Lipinski definition) is 1. The second kappa shape index (κ2) is 8.82. The predicted octanol–water partition coefficient (Wildman–Crippen LogP) is 3.99. The summed E-state index contributed by atoms with van der Waals surface area (Å²) in [6, 6.07) is 21.9. The van der Waals surface area contributed by atoms with E-state index in [-0.39, 0.29) is 18.0 Å². The van der Waals surface area contributed by atoms with Crippen molar-refractivity contribution in [2.75, 3.05) is 19.5 Å². The van der Waals surface area contributed by atoms with E-state index in [9.17, 15) is 9.59 Å². The van der Waals surface area contributed by atoms with Gasteiger partial charge in [-0.1, -0.05) is 36.4 Å². The highest BCUT2D eigenvalue weighted by atomic mass is 16.5. The Morgan fingerprint density at radius 1 is 0.971 bits per heavy atom. The second-order valence-electron chi connectivity index (χ2n) is 7.83. The van der Waals surface area contributed by atoms with Crippen molar-refractivity contribution in [1.82, 2.24) is 9.36 Å². The zero-order valence-electron chi connectivity index (χ0n) is 18.8. The minimum absolute atomic E-state index is 0.138. The molecule has 2 heterocycles. The molecule has 0 unspecified atom stereocenters. The van der Waals surface area contributed by atoms with Gasteiger partial charge in [-0.3, -0.25) is 9.59 Å². The maximum absolute atomic E-state index is 13.4. The fourth-order valence-electron chi connectivity index (χ4n) is 4.07. The molecule has 8 nitrogen and oxygen atoms in total. The van der Waals surface area contributed by atoms with Crippen LogP contribution in [0.15, 0.2) is 77.6 Å². The van der Waals surface area contributed by atoms with Gasteiger partial charge in [0.05, 0.1) is 25.5 Å². The topological polar surface area (TPSA) is 83.7 Å². The Kier molecular flexibility index (Phi) is 5.55. The Balaban J connectivity index is 1.54. The summed E-state index contributed by atoms with van der Waals surface area (Å²) >= 11 is 0. The van der Waals surface area contributed by atoms with Crippen LogP contribution in [0.4, 0.5) is 5.69 Å². The molecular formula is C26H23N3O5. The Hall–Kier alpha value is -4.46. The Labute approximate surface area is 195 Å². The number of benzene rings is 3. The van der Waals surface area contributed by atoms with Crippen molar-refractivity contribution in [3.63, 3.8) is 0 Å². The first-order valence-corrected chi connectivity index (χ1v) is 10.8. The molecule has 34 heavy (non-hydrogen) atoms. The van der Waals surface area contributed by atoms with E-state index in [0.717, 1.165) is 5.56 Å². The molecule has 3 aromatic carbocycles. The molecular weight excluding hydrogens is 434 g/mol. The van der Waals surface area contributed by atoms with E-state index in [1.807, 2.05) is 54.6 Å². The van der Waals surface area contributed by atoms with Crippen molar-refractivity contribution in [3.05, 3.63) is 94.3 Å². The van der Waals surface area contributed by atoms with E-state index >= 15 is 0 Å². The molecule has 1 aliphatic rings. The lowest BCUT2D eigenvalue weighted by Crippen LogP contribution is -2.27. The lowest BCUT2D eigenvalue weighted by Gasteiger charge is -2.19. The van der Waals surface area contributed by atoms with Gasteiger partial charge in [-0.15, -0.1) is 0 Å². The van der Waals surface area contributed by atoms with Gasteiger partial charge in [0.1, 0.15) is 23.8 Å². The number of fused-ring (bicyclic) bond motifs is 2. The summed E-state index contributed by atoms with van der Waals surface area (Å²) in [4.78, 5) is 26.6. The third kappa shape index (κ3) is 3.90. The van der Waals surface area contributed by atoms with Crippen LogP contribution < -0.4 is 25.1 Å². The summed E-state index contributed by atoms with van der Waals surface area (Å²) < 4.78 is 19.8. The minimum Gasteiger partial charge on any atom is -0.497 e. The lowest BCUT2D eigenvalue weighted by atomic mass is 10.0. The summed E-state index contributed by atoms with van der Waals surface area (Å²) in [6.07, 6.45) is 0.429. The quantitative estimate of drug-likeness (QED) is 0.417. The predicted molar refractivity (Wildman–Crippen MR) is 128 cm³/mol. The number of hydrogen-bond acceptors (Lipinski definition) is 5. The maximum atomic E-state index is 13.4. The number of rotatable bonds is 6. The number of nitrogens with one attached hydrogen (secondary N) is 1. The molecule has 0 atom stereocenters. The van der Waals surface area contributed by atoms with Crippen LogP contribution in [-0.4, -0.2) is 29.5 Å². The monoisotopic (exact) mass is 457 g/mol. The van der Waals surface area contributed by atoms with Crippen molar-refractivity contribution in [3.8, 4) is 28.8 Å². The van der Waals surface area contributed by atoms with Gasteiger partial charge in [-0.05, 0) is 23.8 Å². The summed E-state index contributed by atoms with van der Waals surface area (Å²) in [6.45, 7) is -0.138. The Morgan fingerprint density at radius 2 is 1.65 bits per heavy atom. The number of anilines is 1. The summed E-state index contributed by atoms with van der Waals surface area (Å²) in [5, 5.41) is 2.86. The van der Waals surface area contributed by atoms with Crippen LogP contribution in [0.3, 0.4) is 0 Å². The molecule has 0 saturated heterocycles. The molecule has 1 N–H and O–H groups in total. The summed E-state index contributed by atoms with van der Waals surface area (Å²) in [5.41, 5.74) is 2.38. The van der Waals surface area contributed by atoms with Gasteiger partial charge in [0.25, 0.3) is 5.56 Å². The molecule has 0 fully saturated rings. The highest BCUT2D eigenvalue weighted by Gasteiger charge is 2.29. The number of carbonyl (C=O) groups is 1. The number of nitrogens with zero attached hydrogens (tertiary/aromatic N) is 2. The average Bonchev–Trinajstić information content (AvgIpc) is 3.13. The van der Waals surface area contributed by atoms with Crippen LogP contribution in [0.25, 0.3) is 5.69 Å². The molecule has 5 rings (SSSR count). The first kappa shape index (κ1) is 21.4. The van der Waals surface area contributed by atoms with E-state index < -0.39 is 0 Å². The minimum atomic E-state index is -0.333. The number of para-hydroxylation sites is 2. The molecule has 172 valence electrons. The van der Waals surface area contributed by atoms with Crippen molar-refractivity contribution in [2.45, 2.75) is 13.0 Å². The third-order valence-corrected chi connectivity index (χ3v) is 5.66. The van der Waals surface area contributed by atoms with Crippen molar-refractivity contribution in [1.29, 1.82) is 0 Å². The van der Waals surface area contributed by atoms with Gasteiger partial charge in [0.15, 0.2) is 0 Å². The Morgan fingerprint density at radius 3 is 2.35 bits per heavy atom. The highest BCUT2D eigenvalue weighted by Crippen LogP contribution is 2.36. The normalized spacial score (nSPS) is 11.7. The fourth-order valence-corrected chi connectivity index (χ4v) is 4.07. The first-order valence-electron chi connectivity index (χ1n) is 10.8. The van der Waals surface area contributed by atoms with Crippen molar-refractivity contribution < 1.29 is 19.0 Å². The van der Waals surface area contributed by atoms with E-state index in [1.54, 1.807) is 37.1 Å². The van der Waals surface area contributed by atoms with Crippen LogP contribution in [0, 0.1) is 0 Å². The molecule has 0 bridgehead atoms. The fraction of sp³-hybridized carbons (Fsp3) is 0.154. The highest BCUT2D eigenvalue weighted by molar-refractivity contribution is 5.91. The number of carbonyl (C=O) groups excluding carboxylic acids is 1. The van der Waals surface area contributed by atoms with Crippen LogP contribution >= 0.6 is 0 Å². The first-order chi connectivity index (χ1) is 16.6. The van der Waals surface area contributed by atoms with Crippen LogP contribution in [-0.2, 0) is 17.8 Å². The molecule has 1 amide bonds. The number of methoxy groups -OCH3 is 2. The number of ether oxygens (including phenoxy) is 3. The van der Waals surface area contributed by atoms with Gasteiger partial charge >= 0.3 is 0 Å². The average molecular weight is 457 g/mol. The molecule has 1 aliphatic heterocycles. The molecule has 4 aromatic rings. The molecule has 0 radical (unpaired) electrons. The molecule has 0 spiro atoms. The maximum Gasteiger partial charge on any atom is 0.278 e. The number of amides is 1. The molecule has 8 heteroatoms. The smallest absolute Gasteiger partial charge is 0.278 e. The van der Waals surface area contributed by atoms with Crippen molar-refractivity contribution >= 4 is 11.6 Å². The molecule has 1 aromatic heterocycles. The van der Waals surface area contributed by atoms with Gasteiger partial charge in [0, 0.05) is 30.3 Å². The lowest BCUT2D eigenvalue weighted by molar-refractivity contribution is -0.117. The summed E-state index contributed by atoms with van der Waals surface area (Å²) in [5.74, 6) is 1.81.